The largest absolute Gasteiger partial charge is 0.353 e. The van der Waals surface area contributed by atoms with Gasteiger partial charge in [-0.05, 0) is 25.5 Å². The van der Waals surface area contributed by atoms with Crippen LogP contribution in [0.3, 0.4) is 0 Å². The molecular weight excluding hydrogens is 376 g/mol. The molecule has 0 radical (unpaired) electrons. The van der Waals surface area contributed by atoms with Gasteiger partial charge in [-0.3, -0.25) is 9.59 Å². The van der Waals surface area contributed by atoms with Crippen molar-refractivity contribution < 1.29 is 4.79 Å². The van der Waals surface area contributed by atoms with Gasteiger partial charge < -0.3 is 9.80 Å². The third-order valence-corrected chi connectivity index (χ3v) is 6.21. The second kappa shape index (κ2) is 7.67. The number of pyridine rings is 1. The molecule has 3 aromatic heterocycles. The van der Waals surface area contributed by atoms with Crippen molar-refractivity contribution in [3.05, 3.63) is 45.5 Å². The molecule has 8 nitrogen and oxygen atoms in total. The number of aryl methyl sites for hydroxylation is 2. The van der Waals surface area contributed by atoms with Crippen molar-refractivity contribution in [2.45, 2.75) is 26.8 Å². The number of rotatable bonds is 4. The second-order valence-corrected chi connectivity index (χ2v) is 7.83. The first-order valence-corrected chi connectivity index (χ1v) is 10.2. The Morgan fingerprint density at radius 2 is 2.00 bits per heavy atom. The van der Waals surface area contributed by atoms with E-state index in [1.54, 1.807) is 11.1 Å². The molecule has 1 aliphatic rings. The predicted molar refractivity (Wildman–Crippen MR) is 109 cm³/mol. The van der Waals surface area contributed by atoms with Gasteiger partial charge in [0.2, 0.25) is 5.91 Å². The molecule has 1 aliphatic heterocycles. The molecule has 0 saturated carbocycles. The average Bonchev–Trinajstić information content (AvgIpc) is 3.18. The summed E-state index contributed by atoms with van der Waals surface area (Å²) in [6.45, 7) is 6.44. The number of carbonyl (C=O) groups excluding carboxylic acids is 1. The molecule has 1 fully saturated rings. The fourth-order valence-corrected chi connectivity index (χ4v) is 4.30. The van der Waals surface area contributed by atoms with E-state index in [1.807, 2.05) is 32.0 Å². The molecule has 4 heterocycles. The number of piperazine rings is 1. The standard InChI is InChI=1S/C19H22N6O2S/c1-3-15-21-17-18(28-15)13(2)22-25(19(17)27)12-16(26)24-10-8-23(9-11-24)14-6-4-5-7-20-14/h4-7H,3,8-12H2,1-2H3. The SMILES string of the molecule is CCc1nc2c(=O)n(CC(=O)N3CCN(c4ccccn4)CC3)nc(C)c2s1. The van der Waals surface area contributed by atoms with E-state index in [1.165, 1.54) is 16.0 Å². The average molecular weight is 398 g/mol. The lowest BCUT2D eigenvalue weighted by Crippen LogP contribution is -2.50. The van der Waals surface area contributed by atoms with Crippen LogP contribution in [0.5, 0.6) is 0 Å². The van der Waals surface area contributed by atoms with E-state index in [2.05, 4.69) is 20.0 Å². The third kappa shape index (κ3) is 3.49. The first-order valence-electron chi connectivity index (χ1n) is 9.37. The van der Waals surface area contributed by atoms with Crippen LogP contribution in [0.25, 0.3) is 10.2 Å². The molecule has 4 rings (SSSR count). The van der Waals surface area contributed by atoms with Crippen LogP contribution in [0, 0.1) is 6.92 Å². The minimum atomic E-state index is -0.294. The molecule has 0 aliphatic carbocycles. The van der Waals surface area contributed by atoms with Crippen molar-refractivity contribution in [2.24, 2.45) is 0 Å². The van der Waals surface area contributed by atoms with Crippen LogP contribution >= 0.6 is 11.3 Å². The van der Waals surface area contributed by atoms with Gasteiger partial charge in [0, 0.05) is 32.4 Å². The Morgan fingerprint density at radius 3 is 2.68 bits per heavy atom. The van der Waals surface area contributed by atoms with Crippen LogP contribution < -0.4 is 10.5 Å². The van der Waals surface area contributed by atoms with Gasteiger partial charge in [-0.1, -0.05) is 13.0 Å². The van der Waals surface area contributed by atoms with Gasteiger partial charge in [0.05, 0.1) is 15.4 Å². The van der Waals surface area contributed by atoms with Crippen molar-refractivity contribution in [2.75, 3.05) is 31.1 Å². The summed E-state index contributed by atoms with van der Waals surface area (Å²) in [4.78, 5) is 38.2. The predicted octanol–water partition coefficient (Wildman–Crippen LogP) is 1.47. The zero-order valence-corrected chi connectivity index (χ0v) is 16.8. The molecule has 146 valence electrons. The van der Waals surface area contributed by atoms with Gasteiger partial charge >= 0.3 is 0 Å². The minimum Gasteiger partial charge on any atom is -0.353 e. The summed E-state index contributed by atoms with van der Waals surface area (Å²) >= 11 is 1.50. The molecule has 0 unspecified atom stereocenters. The van der Waals surface area contributed by atoms with Gasteiger partial charge in [0.15, 0.2) is 5.52 Å². The maximum Gasteiger partial charge on any atom is 0.294 e. The second-order valence-electron chi connectivity index (χ2n) is 6.74. The normalized spacial score (nSPS) is 14.6. The fraction of sp³-hybridized carbons (Fsp3) is 0.421. The zero-order chi connectivity index (χ0) is 19.7. The zero-order valence-electron chi connectivity index (χ0n) is 16.0. The first kappa shape index (κ1) is 18.5. The minimum absolute atomic E-state index is 0.0574. The molecule has 0 atom stereocenters. The van der Waals surface area contributed by atoms with Crippen molar-refractivity contribution in [1.82, 2.24) is 24.6 Å². The highest BCUT2D eigenvalue weighted by molar-refractivity contribution is 7.18. The van der Waals surface area contributed by atoms with Gasteiger partial charge in [-0.2, -0.15) is 5.10 Å². The Morgan fingerprint density at radius 1 is 1.21 bits per heavy atom. The highest BCUT2D eigenvalue weighted by Crippen LogP contribution is 2.22. The van der Waals surface area contributed by atoms with Crippen molar-refractivity contribution in [1.29, 1.82) is 0 Å². The number of aromatic nitrogens is 4. The molecule has 1 saturated heterocycles. The van der Waals surface area contributed by atoms with E-state index >= 15 is 0 Å². The lowest BCUT2D eigenvalue weighted by Gasteiger charge is -2.35. The monoisotopic (exact) mass is 398 g/mol. The Kier molecular flexibility index (Phi) is 5.08. The summed E-state index contributed by atoms with van der Waals surface area (Å²) in [7, 11) is 0. The fourth-order valence-electron chi connectivity index (χ4n) is 3.36. The molecule has 3 aromatic rings. The summed E-state index contributed by atoms with van der Waals surface area (Å²) in [6, 6.07) is 5.81. The number of anilines is 1. The quantitative estimate of drug-likeness (QED) is 0.662. The van der Waals surface area contributed by atoms with Crippen molar-refractivity contribution in [3.63, 3.8) is 0 Å². The lowest BCUT2D eigenvalue weighted by molar-refractivity contribution is -0.132. The number of hydrogen-bond donors (Lipinski definition) is 0. The van der Waals surface area contributed by atoms with Crippen LogP contribution in [0.1, 0.15) is 17.6 Å². The highest BCUT2D eigenvalue weighted by Gasteiger charge is 2.23. The van der Waals surface area contributed by atoms with Crippen molar-refractivity contribution in [3.8, 4) is 0 Å². The summed E-state index contributed by atoms with van der Waals surface area (Å²) < 4.78 is 2.07. The maximum atomic E-state index is 12.7. The molecule has 0 spiro atoms. The summed E-state index contributed by atoms with van der Waals surface area (Å²) in [5.74, 6) is 0.823. The van der Waals surface area contributed by atoms with Crippen LogP contribution in [0.4, 0.5) is 5.82 Å². The molecule has 1 amide bonds. The molecule has 0 aromatic carbocycles. The van der Waals surface area contributed by atoms with Crippen LogP contribution in [-0.2, 0) is 17.8 Å². The van der Waals surface area contributed by atoms with E-state index < -0.39 is 0 Å². The Bertz CT molecular complexity index is 1050. The summed E-state index contributed by atoms with van der Waals surface area (Å²) in [6.07, 6.45) is 2.55. The lowest BCUT2D eigenvalue weighted by atomic mass is 10.3. The van der Waals surface area contributed by atoms with Crippen molar-refractivity contribution >= 4 is 33.3 Å². The van der Waals surface area contributed by atoms with Crippen LogP contribution in [-0.4, -0.2) is 56.7 Å². The molecule has 0 bridgehead atoms. The van der Waals surface area contributed by atoms with E-state index in [4.69, 9.17) is 0 Å². The van der Waals surface area contributed by atoms with Gasteiger partial charge in [-0.25, -0.2) is 14.6 Å². The Balaban J connectivity index is 1.47. The number of amides is 1. The molecule has 0 N–H and O–H groups in total. The van der Waals surface area contributed by atoms with Gasteiger partial charge in [0.25, 0.3) is 5.56 Å². The topological polar surface area (TPSA) is 84.2 Å². The number of nitrogens with zero attached hydrogens (tertiary/aromatic N) is 6. The number of carbonyl (C=O) groups is 1. The summed E-state index contributed by atoms with van der Waals surface area (Å²) in [5.41, 5.74) is 0.860. The smallest absolute Gasteiger partial charge is 0.294 e. The molecule has 9 heteroatoms. The van der Waals surface area contributed by atoms with Gasteiger partial charge in [-0.15, -0.1) is 11.3 Å². The maximum absolute atomic E-state index is 12.7. The Hall–Kier alpha value is -2.81. The highest BCUT2D eigenvalue weighted by atomic mass is 32.1. The van der Waals surface area contributed by atoms with E-state index in [0.717, 1.165) is 40.7 Å². The molecule has 28 heavy (non-hydrogen) atoms. The Labute approximate surface area is 166 Å². The first-order chi connectivity index (χ1) is 13.6. The summed E-state index contributed by atoms with van der Waals surface area (Å²) in [5, 5.41) is 5.26. The van der Waals surface area contributed by atoms with Crippen LogP contribution in [0.15, 0.2) is 29.2 Å². The molecular formula is C19H22N6O2S. The number of hydrogen-bond acceptors (Lipinski definition) is 7. The third-order valence-electron chi connectivity index (χ3n) is 4.90. The van der Waals surface area contributed by atoms with E-state index in [-0.39, 0.29) is 18.0 Å². The number of thiazole rings is 1. The van der Waals surface area contributed by atoms with E-state index in [0.29, 0.717) is 18.6 Å². The van der Waals surface area contributed by atoms with Crippen LogP contribution in [0.2, 0.25) is 0 Å². The number of fused-ring (bicyclic) bond motifs is 1. The van der Waals surface area contributed by atoms with E-state index in [9.17, 15) is 9.59 Å². The van der Waals surface area contributed by atoms with Gasteiger partial charge in [0.1, 0.15) is 12.4 Å².